The maximum absolute atomic E-state index is 4.27. The molecule has 7 heteroatoms. The van der Waals surface area contributed by atoms with Gasteiger partial charge in [-0.05, 0) is 43.9 Å². The summed E-state index contributed by atoms with van der Waals surface area (Å²) in [5, 5.41) is 10.9. The van der Waals surface area contributed by atoms with Gasteiger partial charge in [0.05, 0.1) is 5.69 Å². The first-order valence-corrected chi connectivity index (χ1v) is 8.85. The van der Waals surface area contributed by atoms with E-state index in [1.807, 2.05) is 28.7 Å². The first-order chi connectivity index (χ1) is 11.0. The smallest absolute Gasteiger partial charge is 0.191 e. The van der Waals surface area contributed by atoms with Crippen LogP contribution in [0.15, 0.2) is 47.7 Å². The maximum Gasteiger partial charge on any atom is 0.191 e. The number of halogens is 1. The highest BCUT2D eigenvalue weighted by molar-refractivity contribution is 14.0. The molecule has 1 aromatic carbocycles. The zero-order chi connectivity index (χ0) is 16.7. The third-order valence-corrected chi connectivity index (χ3v) is 4.87. The molecule has 0 aliphatic heterocycles. The number of hydrogen-bond donors (Lipinski definition) is 2. The highest BCUT2D eigenvalue weighted by atomic mass is 127. The van der Waals surface area contributed by atoms with Gasteiger partial charge in [0.1, 0.15) is 0 Å². The van der Waals surface area contributed by atoms with Crippen molar-refractivity contribution in [1.29, 1.82) is 0 Å². The minimum atomic E-state index is 0. The predicted molar refractivity (Wildman–Crippen MR) is 115 cm³/mol. The fourth-order valence-electron chi connectivity index (χ4n) is 1.96. The van der Waals surface area contributed by atoms with Crippen molar-refractivity contribution >= 4 is 41.7 Å². The lowest BCUT2D eigenvalue weighted by Crippen LogP contribution is -2.42. The fraction of sp³-hybridized carbons (Fsp3) is 0.412. The van der Waals surface area contributed by atoms with Gasteiger partial charge in [-0.15, -0.1) is 24.0 Å². The number of aromatic nitrogens is 2. The van der Waals surface area contributed by atoms with E-state index in [0.717, 1.165) is 24.7 Å². The van der Waals surface area contributed by atoms with E-state index in [1.54, 1.807) is 13.2 Å². The lowest BCUT2D eigenvalue weighted by Gasteiger charge is -2.23. The van der Waals surface area contributed by atoms with Crippen LogP contribution in [0.3, 0.4) is 0 Å². The van der Waals surface area contributed by atoms with Gasteiger partial charge in [0.2, 0.25) is 0 Å². The molecule has 0 fully saturated rings. The molecule has 0 radical (unpaired) electrons. The van der Waals surface area contributed by atoms with Crippen molar-refractivity contribution in [3.8, 4) is 5.69 Å². The van der Waals surface area contributed by atoms with Crippen LogP contribution in [0.5, 0.6) is 0 Å². The van der Waals surface area contributed by atoms with Crippen molar-refractivity contribution in [3.63, 3.8) is 0 Å². The van der Waals surface area contributed by atoms with Gasteiger partial charge < -0.3 is 10.6 Å². The molecule has 0 unspecified atom stereocenters. The quantitative estimate of drug-likeness (QED) is 0.396. The van der Waals surface area contributed by atoms with Crippen LogP contribution in [0.25, 0.3) is 5.69 Å². The van der Waals surface area contributed by atoms with Crippen LogP contribution in [-0.2, 0) is 6.54 Å². The SMILES string of the molecule is CN=C(NCc1ccc(-n2cccn2)cc1)NCC(C)(C)SC.I. The molecule has 1 aromatic heterocycles. The minimum absolute atomic E-state index is 0. The second-order valence-corrected chi connectivity index (χ2v) is 7.37. The van der Waals surface area contributed by atoms with Crippen LogP contribution in [0, 0.1) is 0 Å². The van der Waals surface area contributed by atoms with Gasteiger partial charge in [-0.1, -0.05) is 12.1 Å². The Balaban J connectivity index is 0.00000288. The number of nitrogens with one attached hydrogen (secondary N) is 2. The molecule has 0 saturated carbocycles. The highest BCUT2D eigenvalue weighted by Crippen LogP contribution is 2.19. The standard InChI is InChI=1S/C17H25N5S.HI/c1-17(2,23-4)13-20-16(18-3)19-12-14-6-8-15(9-7-14)22-11-5-10-21-22;/h5-11H,12-13H2,1-4H3,(H2,18,19,20);1H. The van der Waals surface area contributed by atoms with Crippen LogP contribution in [0.4, 0.5) is 0 Å². The molecule has 0 spiro atoms. The molecule has 0 atom stereocenters. The van der Waals surface area contributed by atoms with Crippen LogP contribution < -0.4 is 10.6 Å². The Morgan fingerprint density at radius 3 is 2.50 bits per heavy atom. The molecule has 0 bridgehead atoms. The van der Waals surface area contributed by atoms with Crippen molar-refractivity contribution in [2.24, 2.45) is 4.99 Å². The van der Waals surface area contributed by atoms with Gasteiger partial charge in [0.25, 0.3) is 0 Å². The second-order valence-electron chi connectivity index (χ2n) is 5.86. The number of rotatable bonds is 6. The summed E-state index contributed by atoms with van der Waals surface area (Å²) in [5.74, 6) is 0.822. The molecular weight excluding hydrogens is 433 g/mol. The molecule has 2 rings (SSSR count). The lowest BCUT2D eigenvalue weighted by atomic mass is 10.2. The van der Waals surface area contributed by atoms with Crippen molar-refractivity contribution in [1.82, 2.24) is 20.4 Å². The van der Waals surface area contributed by atoms with E-state index in [0.29, 0.717) is 0 Å². The average molecular weight is 459 g/mol. The van der Waals surface area contributed by atoms with Crippen molar-refractivity contribution < 1.29 is 0 Å². The predicted octanol–water partition coefficient (Wildman–Crippen LogP) is 3.30. The van der Waals surface area contributed by atoms with E-state index < -0.39 is 0 Å². The topological polar surface area (TPSA) is 54.2 Å². The zero-order valence-electron chi connectivity index (χ0n) is 14.6. The molecular formula is C17H26IN5S. The maximum atomic E-state index is 4.27. The van der Waals surface area contributed by atoms with Gasteiger partial charge >= 0.3 is 0 Å². The van der Waals surface area contributed by atoms with Crippen molar-refractivity contribution in [2.75, 3.05) is 19.8 Å². The normalized spacial score (nSPS) is 11.8. The van der Waals surface area contributed by atoms with Gasteiger partial charge in [0, 0.05) is 37.3 Å². The summed E-state index contributed by atoms with van der Waals surface area (Å²) >= 11 is 1.84. The number of hydrogen-bond acceptors (Lipinski definition) is 3. The summed E-state index contributed by atoms with van der Waals surface area (Å²) in [6.45, 7) is 6.03. The number of benzene rings is 1. The fourth-order valence-corrected chi connectivity index (χ4v) is 2.18. The summed E-state index contributed by atoms with van der Waals surface area (Å²) in [6, 6.07) is 10.3. The average Bonchev–Trinajstić information content (AvgIpc) is 3.10. The van der Waals surface area contributed by atoms with Gasteiger partial charge in [-0.3, -0.25) is 4.99 Å². The first-order valence-electron chi connectivity index (χ1n) is 7.63. The lowest BCUT2D eigenvalue weighted by molar-refractivity contribution is 0.664. The van der Waals surface area contributed by atoms with E-state index in [4.69, 9.17) is 0 Å². The second kappa shape index (κ2) is 9.93. The van der Waals surface area contributed by atoms with E-state index in [9.17, 15) is 0 Å². The molecule has 0 aliphatic carbocycles. The summed E-state index contributed by atoms with van der Waals surface area (Å²) in [5.41, 5.74) is 2.26. The Morgan fingerprint density at radius 1 is 1.25 bits per heavy atom. The molecule has 0 amide bonds. The largest absolute Gasteiger partial charge is 0.355 e. The first kappa shape index (κ1) is 20.8. The molecule has 2 N–H and O–H groups in total. The third kappa shape index (κ3) is 6.35. The van der Waals surface area contributed by atoms with Crippen molar-refractivity contribution in [2.45, 2.75) is 25.1 Å². The number of aliphatic imine (C=N–C) groups is 1. The number of thioether (sulfide) groups is 1. The Morgan fingerprint density at radius 2 is 1.96 bits per heavy atom. The van der Waals surface area contributed by atoms with Crippen LogP contribution in [0.1, 0.15) is 19.4 Å². The molecule has 2 aromatic rings. The summed E-state index contributed by atoms with van der Waals surface area (Å²) in [4.78, 5) is 4.27. The zero-order valence-corrected chi connectivity index (χ0v) is 17.8. The molecule has 24 heavy (non-hydrogen) atoms. The Hall–Kier alpha value is -1.22. The molecule has 1 heterocycles. The molecule has 132 valence electrons. The van der Waals surface area contributed by atoms with Gasteiger partial charge in [0.15, 0.2) is 5.96 Å². The van der Waals surface area contributed by atoms with E-state index >= 15 is 0 Å². The monoisotopic (exact) mass is 459 g/mol. The van der Waals surface area contributed by atoms with E-state index in [-0.39, 0.29) is 28.7 Å². The van der Waals surface area contributed by atoms with E-state index in [1.165, 1.54) is 5.56 Å². The Labute approximate surface area is 165 Å². The van der Waals surface area contributed by atoms with E-state index in [2.05, 4.69) is 65.1 Å². The molecule has 0 aliphatic rings. The molecule has 5 nitrogen and oxygen atoms in total. The van der Waals surface area contributed by atoms with Gasteiger partial charge in [-0.25, -0.2) is 4.68 Å². The van der Waals surface area contributed by atoms with Crippen LogP contribution in [-0.4, -0.2) is 40.3 Å². The summed E-state index contributed by atoms with van der Waals surface area (Å²) < 4.78 is 2.03. The van der Waals surface area contributed by atoms with Crippen LogP contribution >= 0.6 is 35.7 Å². The highest BCUT2D eigenvalue weighted by Gasteiger charge is 2.15. The summed E-state index contributed by atoms with van der Waals surface area (Å²) in [7, 11) is 1.79. The number of nitrogens with zero attached hydrogens (tertiary/aromatic N) is 3. The molecule has 0 saturated heterocycles. The summed E-state index contributed by atoms with van der Waals surface area (Å²) in [6.07, 6.45) is 5.84. The minimum Gasteiger partial charge on any atom is -0.355 e. The Bertz CT molecular complexity index is 623. The van der Waals surface area contributed by atoms with Crippen molar-refractivity contribution in [3.05, 3.63) is 48.3 Å². The number of guanidine groups is 1. The Kier molecular flexibility index (Phi) is 8.61. The van der Waals surface area contributed by atoms with Crippen LogP contribution in [0.2, 0.25) is 0 Å². The van der Waals surface area contributed by atoms with Gasteiger partial charge in [-0.2, -0.15) is 16.9 Å². The third-order valence-electron chi connectivity index (χ3n) is 3.62.